The molecule has 0 heterocycles. The molecule has 2 bridgehead atoms. The Hall–Kier alpha value is 0.246. The van der Waals surface area contributed by atoms with Gasteiger partial charge in [-0.3, -0.25) is 0 Å². The Kier molecular flexibility index (Phi) is 1.88. The van der Waals surface area contributed by atoms with Gasteiger partial charge in [-0.25, -0.2) is 0 Å². The van der Waals surface area contributed by atoms with Crippen LogP contribution in [0.15, 0.2) is 24.3 Å². The van der Waals surface area contributed by atoms with Crippen LogP contribution in [0.4, 0.5) is 0 Å². The summed E-state index contributed by atoms with van der Waals surface area (Å²) < 4.78 is 0. The minimum atomic E-state index is 0. The van der Waals surface area contributed by atoms with Crippen molar-refractivity contribution in [2.45, 2.75) is 12.8 Å². The van der Waals surface area contributed by atoms with E-state index < -0.39 is 0 Å². The molecule has 56 valence electrons. The van der Waals surface area contributed by atoms with Gasteiger partial charge in [-0.2, -0.15) is 0 Å². The van der Waals surface area contributed by atoms with Gasteiger partial charge >= 0.3 is 23.1 Å². The van der Waals surface area contributed by atoms with Crippen molar-refractivity contribution in [2.75, 3.05) is 0 Å². The normalized spacial score (nSPS) is 49.5. The van der Waals surface area contributed by atoms with E-state index in [4.69, 9.17) is 0 Å². The Balaban J connectivity index is 0.000000480. The van der Waals surface area contributed by atoms with Crippen LogP contribution in [-0.4, -0.2) is 23.1 Å². The minimum absolute atomic E-state index is 0. The Labute approximate surface area is 86.9 Å². The number of allylic oxidation sites excluding steroid dienone is 4. The van der Waals surface area contributed by atoms with Gasteiger partial charge in [0.15, 0.2) is 0 Å². The van der Waals surface area contributed by atoms with Crippen LogP contribution in [0, 0.1) is 23.7 Å². The maximum atomic E-state index is 2.44. The van der Waals surface area contributed by atoms with E-state index >= 15 is 0 Å². The van der Waals surface area contributed by atoms with E-state index in [1.807, 2.05) is 0 Å². The molecule has 0 aromatic rings. The molecule has 0 saturated heterocycles. The molecule has 0 spiro atoms. The van der Waals surface area contributed by atoms with Gasteiger partial charge in [-0.1, -0.05) is 24.3 Å². The predicted molar refractivity (Wildman–Crippen MR) is 49.5 cm³/mol. The standard InChI is InChI=1S/C10H12.Mg.2H/c1-2-9-7-4-5-8(6-7)10(9)3-1;;;/h1-2,4-5,7-10H,3,6H2;;;/q;+2;2*-1. The molecule has 3 aliphatic rings. The average molecular weight is 159 g/mol. The van der Waals surface area contributed by atoms with Crippen LogP contribution in [-0.2, 0) is 0 Å². The zero-order valence-electron chi connectivity index (χ0n) is 8.74. The number of hydrogen-bond donors (Lipinski definition) is 0. The molecule has 3 aliphatic carbocycles. The molecule has 0 aromatic heterocycles. The summed E-state index contributed by atoms with van der Waals surface area (Å²) >= 11 is 0. The Morgan fingerprint density at radius 3 is 2.73 bits per heavy atom. The summed E-state index contributed by atoms with van der Waals surface area (Å²) in [6, 6.07) is 0. The summed E-state index contributed by atoms with van der Waals surface area (Å²) in [6.45, 7) is 0. The van der Waals surface area contributed by atoms with Crippen molar-refractivity contribution in [1.29, 1.82) is 0 Å². The second-order valence-corrected chi connectivity index (χ2v) is 3.85. The SMILES string of the molecule is C1=CC2C3C=CC(C3)C2C1.[H-].[H-].[Mg+2]. The molecule has 4 atom stereocenters. The van der Waals surface area contributed by atoms with E-state index in [9.17, 15) is 0 Å². The van der Waals surface area contributed by atoms with Gasteiger partial charge in [-0.15, -0.1) is 0 Å². The largest absolute Gasteiger partial charge is 2.00 e. The van der Waals surface area contributed by atoms with Crippen molar-refractivity contribution in [3.8, 4) is 0 Å². The first-order valence-electron chi connectivity index (χ1n) is 4.30. The zero-order chi connectivity index (χ0) is 6.55. The van der Waals surface area contributed by atoms with Crippen LogP contribution in [0.5, 0.6) is 0 Å². The molecule has 3 rings (SSSR count). The molecule has 0 aromatic carbocycles. The fourth-order valence-electron chi connectivity index (χ4n) is 2.97. The van der Waals surface area contributed by atoms with E-state index in [-0.39, 0.29) is 25.9 Å². The van der Waals surface area contributed by atoms with Gasteiger partial charge in [0.2, 0.25) is 0 Å². The van der Waals surface area contributed by atoms with Crippen LogP contribution in [0.2, 0.25) is 0 Å². The molecular weight excluding hydrogens is 144 g/mol. The molecule has 0 radical (unpaired) electrons. The van der Waals surface area contributed by atoms with Gasteiger partial charge in [0.1, 0.15) is 0 Å². The second kappa shape index (κ2) is 2.63. The molecule has 0 amide bonds. The smallest absolute Gasteiger partial charge is 1.00 e. The molecule has 0 aliphatic heterocycles. The zero-order valence-corrected chi connectivity index (χ0v) is 8.15. The molecule has 1 saturated carbocycles. The Morgan fingerprint density at radius 1 is 1.09 bits per heavy atom. The number of fused-ring (bicyclic) bond motifs is 5. The third-order valence-electron chi connectivity index (χ3n) is 3.46. The summed E-state index contributed by atoms with van der Waals surface area (Å²) in [7, 11) is 0. The van der Waals surface area contributed by atoms with Crippen LogP contribution in [0.25, 0.3) is 0 Å². The minimum Gasteiger partial charge on any atom is -1.00 e. The Bertz CT molecular complexity index is 225. The van der Waals surface area contributed by atoms with Gasteiger partial charge in [0.25, 0.3) is 0 Å². The molecule has 4 unspecified atom stereocenters. The molecule has 0 nitrogen and oxygen atoms in total. The summed E-state index contributed by atoms with van der Waals surface area (Å²) in [5, 5.41) is 0. The van der Waals surface area contributed by atoms with E-state index in [1.165, 1.54) is 12.8 Å². The number of rotatable bonds is 0. The number of hydrogen-bond acceptors (Lipinski definition) is 0. The molecule has 1 heteroatoms. The summed E-state index contributed by atoms with van der Waals surface area (Å²) in [5.41, 5.74) is 0. The van der Waals surface area contributed by atoms with Gasteiger partial charge in [0, 0.05) is 0 Å². The van der Waals surface area contributed by atoms with Crippen molar-refractivity contribution >= 4 is 23.1 Å². The average Bonchev–Trinajstić information content (AvgIpc) is 2.60. The Morgan fingerprint density at radius 2 is 1.91 bits per heavy atom. The van der Waals surface area contributed by atoms with Crippen molar-refractivity contribution in [1.82, 2.24) is 0 Å². The second-order valence-electron chi connectivity index (χ2n) is 3.85. The molecule has 11 heavy (non-hydrogen) atoms. The van der Waals surface area contributed by atoms with E-state index in [1.54, 1.807) is 0 Å². The van der Waals surface area contributed by atoms with Crippen molar-refractivity contribution in [3.63, 3.8) is 0 Å². The fraction of sp³-hybridized carbons (Fsp3) is 0.600. The van der Waals surface area contributed by atoms with E-state index in [0.717, 1.165) is 23.7 Å². The van der Waals surface area contributed by atoms with Crippen molar-refractivity contribution in [3.05, 3.63) is 24.3 Å². The summed E-state index contributed by atoms with van der Waals surface area (Å²) in [5.74, 6) is 3.82. The first kappa shape index (κ1) is 7.87. The van der Waals surface area contributed by atoms with E-state index in [2.05, 4.69) is 24.3 Å². The maximum Gasteiger partial charge on any atom is 2.00 e. The van der Waals surface area contributed by atoms with E-state index in [0.29, 0.717) is 0 Å². The first-order valence-corrected chi connectivity index (χ1v) is 4.30. The third-order valence-corrected chi connectivity index (χ3v) is 3.46. The first-order chi connectivity index (χ1) is 4.95. The summed E-state index contributed by atoms with van der Waals surface area (Å²) in [4.78, 5) is 0. The van der Waals surface area contributed by atoms with Crippen LogP contribution < -0.4 is 0 Å². The molecule has 1 fully saturated rings. The predicted octanol–water partition coefficient (Wildman–Crippen LogP) is 2.23. The van der Waals surface area contributed by atoms with Gasteiger partial charge in [-0.05, 0) is 36.5 Å². The topological polar surface area (TPSA) is 0 Å². The van der Waals surface area contributed by atoms with Crippen molar-refractivity contribution in [2.24, 2.45) is 23.7 Å². The van der Waals surface area contributed by atoms with Gasteiger partial charge in [0.05, 0.1) is 0 Å². The van der Waals surface area contributed by atoms with Gasteiger partial charge < -0.3 is 2.85 Å². The molecule has 0 N–H and O–H groups in total. The fourth-order valence-corrected chi connectivity index (χ4v) is 2.97. The van der Waals surface area contributed by atoms with Crippen LogP contribution >= 0.6 is 0 Å². The molecular formula is C10H14Mg. The summed E-state index contributed by atoms with van der Waals surface area (Å²) in [6.07, 6.45) is 12.5. The van der Waals surface area contributed by atoms with Crippen LogP contribution in [0.1, 0.15) is 15.7 Å². The van der Waals surface area contributed by atoms with Crippen molar-refractivity contribution < 1.29 is 2.85 Å². The third kappa shape index (κ3) is 0.939. The maximum absolute atomic E-state index is 2.44. The van der Waals surface area contributed by atoms with Crippen LogP contribution in [0.3, 0.4) is 0 Å². The monoisotopic (exact) mass is 158 g/mol. The quantitative estimate of drug-likeness (QED) is 0.375.